The first-order valence-corrected chi connectivity index (χ1v) is 4.83. The number of furan rings is 1. The predicted octanol–water partition coefficient (Wildman–Crippen LogP) is 2.88. The van der Waals surface area contributed by atoms with Gasteiger partial charge in [-0.1, -0.05) is 0 Å². The van der Waals surface area contributed by atoms with E-state index in [1.165, 1.54) is 17.6 Å². The van der Waals surface area contributed by atoms with Crippen LogP contribution in [0, 0.1) is 6.92 Å². The van der Waals surface area contributed by atoms with Gasteiger partial charge in [-0.05, 0) is 23.9 Å². The Morgan fingerprint density at radius 1 is 1.46 bits per heavy atom. The lowest BCUT2D eigenvalue weighted by atomic mass is 10.1. The fourth-order valence-corrected chi connectivity index (χ4v) is 1.78. The molecule has 0 aliphatic heterocycles. The van der Waals surface area contributed by atoms with Crippen LogP contribution < -0.4 is 0 Å². The molecule has 0 radical (unpaired) electrons. The molecule has 0 fully saturated rings. The SMILES string of the molecule is Cc1cocc1C(=O)c1ccsc1. The summed E-state index contributed by atoms with van der Waals surface area (Å²) in [5.41, 5.74) is 2.27. The van der Waals surface area contributed by atoms with Crippen LogP contribution in [0.15, 0.2) is 33.8 Å². The van der Waals surface area contributed by atoms with E-state index < -0.39 is 0 Å². The lowest BCUT2D eigenvalue weighted by Gasteiger charge is -1.93. The van der Waals surface area contributed by atoms with Gasteiger partial charge in [0.2, 0.25) is 0 Å². The maximum Gasteiger partial charge on any atom is 0.197 e. The molecule has 0 amide bonds. The van der Waals surface area contributed by atoms with Crippen molar-refractivity contribution >= 4 is 17.1 Å². The van der Waals surface area contributed by atoms with Crippen molar-refractivity contribution in [1.82, 2.24) is 0 Å². The second-order valence-corrected chi connectivity index (χ2v) is 3.59. The van der Waals surface area contributed by atoms with Gasteiger partial charge in [0.05, 0.1) is 11.8 Å². The van der Waals surface area contributed by atoms with Crippen molar-refractivity contribution in [2.75, 3.05) is 0 Å². The molecule has 0 spiro atoms. The van der Waals surface area contributed by atoms with Crippen molar-refractivity contribution in [1.29, 1.82) is 0 Å². The van der Waals surface area contributed by atoms with Crippen LogP contribution in [0.2, 0.25) is 0 Å². The van der Waals surface area contributed by atoms with Crippen LogP contribution in [0.3, 0.4) is 0 Å². The summed E-state index contributed by atoms with van der Waals surface area (Å²) in [6.07, 6.45) is 3.08. The van der Waals surface area contributed by atoms with Crippen molar-refractivity contribution in [2.24, 2.45) is 0 Å². The van der Waals surface area contributed by atoms with Crippen molar-refractivity contribution in [3.8, 4) is 0 Å². The minimum atomic E-state index is 0.0347. The van der Waals surface area contributed by atoms with Crippen LogP contribution in [-0.2, 0) is 0 Å². The molecule has 2 aromatic heterocycles. The monoisotopic (exact) mass is 192 g/mol. The highest BCUT2D eigenvalue weighted by Crippen LogP contribution is 2.16. The molecule has 0 N–H and O–H groups in total. The zero-order chi connectivity index (χ0) is 9.26. The van der Waals surface area contributed by atoms with Crippen LogP contribution in [0.25, 0.3) is 0 Å². The van der Waals surface area contributed by atoms with Crippen LogP contribution >= 0.6 is 11.3 Å². The number of carbonyl (C=O) groups excluding carboxylic acids is 1. The molecule has 0 aromatic carbocycles. The number of hydrogen-bond donors (Lipinski definition) is 0. The van der Waals surface area contributed by atoms with Gasteiger partial charge >= 0.3 is 0 Å². The van der Waals surface area contributed by atoms with Crippen LogP contribution in [0.1, 0.15) is 21.5 Å². The third-order valence-corrected chi connectivity index (χ3v) is 2.57. The Hall–Kier alpha value is -1.35. The van der Waals surface area contributed by atoms with Gasteiger partial charge in [0, 0.05) is 10.9 Å². The minimum Gasteiger partial charge on any atom is -0.472 e. The van der Waals surface area contributed by atoms with Crippen molar-refractivity contribution in [3.63, 3.8) is 0 Å². The second-order valence-electron chi connectivity index (χ2n) is 2.81. The van der Waals surface area contributed by atoms with E-state index in [-0.39, 0.29) is 5.78 Å². The molecule has 2 heterocycles. The first kappa shape index (κ1) is 8.26. The molecule has 0 unspecified atom stereocenters. The maximum atomic E-state index is 11.7. The molecule has 0 saturated carbocycles. The summed E-state index contributed by atoms with van der Waals surface area (Å²) in [6.45, 7) is 1.86. The topological polar surface area (TPSA) is 30.2 Å². The number of thiophene rings is 1. The Morgan fingerprint density at radius 2 is 2.31 bits per heavy atom. The second kappa shape index (κ2) is 3.18. The molecular weight excluding hydrogens is 184 g/mol. The Kier molecular flexibility index (Phi) is 2.02. The minimum absolute atomic E-state index is 0.0347. The van der Waals surface area contributed by atoms with Gasteiger partial charge in [-0.2, -0.15) is 11.3 Å². The third kappa shape index (κ3) is 1.42. The normalized spacial score (nSPS) is 10.2. The Labute approximate surface area is 79.8 Å². The van der Waals surface area contributed by atoms with Crippen LogP contribution in [0.4, 0.5) is 0 Å². The maximum absolute atomic E-state index is 11.7. The smallest absolute Gasteiger partial charge is 0.197 e. The van der Waals surface area contributed by atoms with E-state index in [9.17, 15) is 4.79 Å². The average Bonchev–Trinajstić information content (AvgIpc) is 2.72. The van der Waals surface area contributed by atoms with Crippen LogP contribution in [-0.4, -0.2) is 5.78 Å². The number of rotatable bonds is 2. The van der Waals surface area contributed by atoms with Gasteiger partial charge in [0.1, 0.15) is 6.26 Å². The first-order chi connectivity index (χ1) is 6.29. The van der Waals surface area contributed by atoms with E-state index in [1.54, 1.807) is 6.26 Å². The summed E-state index contributed by atoms with van der Waals surface area (Å²) >= 11 is 1.52. The molecule has 0 bridgehead atoms. The van der Waals surface area contributed by atoms with Crippen LogP contribution in [0.5, 0.6) is 0 Å². The van der Waals surface area contributed by atoms with Crippen molar-refractivity contribution in [2.45, 2.75) is 6.92 Å². The summed E-state index contributed by atoms with van der Waals surface area (Å²) < 4.78 is 4.95. The third-order valence-electron chi connectivity index (χ3n) is 1.88. The number of carbonyl (C=O) groups is 1. The molecule has 0 aliphatic rings. The highest BCUT2D eigenvalue weighted by molar-refractivity contribution is 7.08. The standard InChI is InChI=1S/C10H8O2S/c1-7-4-12-5-9(7)10(11)8-2-3-13-6-8/h2-6H,1H3. The molecular formula is C10H8O2S. The van der Waals surface area contributed by atoms with E-state index in [2.05, 4.69) is 0 Å². The van der Waals surface area contributed by atoms with Crippen molar-refractivity contribution in [3.05, 3.63) is 46.0 Å². The van der Waals surface area contributed by atoms with Gasteiger partial charge in [0.15, 0.2) is 5.78 Å². The van der Waals surface area contributed by atoms with Gasteiger partial charge in [-0.15, -0.1) is 0 Å². The zero-order valence-corrected chi connectivity index (χ0v) is 7.93. The number of hydrogen-bond acceptors (Lipinski definition) is 3. The van der Waals surface area contributed by atoms with E-state index in [4.69, 9.17) is 4.42 Å². The van der Waals surface area contributed by atoms with E-state index in [0.717, 1.165) is 11.1 Å². The summed E-state index contributed by atoms with van der Waals surface area (Å²) in [4.78, 5) is 11.7. The van der Waals surface area contributed by atoms with E-state index in [1.807, 2.05) is 23.8 Å². The highest BCUT2D eigenvalue weighted by atomic mass is 32.1. The molecule has 0 aliphatic carbocycles. The fourth-order valence-electron chi connectivity index (χ4n) is 1.14. The Balaban J connectivity index is 2.39. The predicted molar refractivity (Wildman–Crippen MR) is 51.2 cm³/mol. The lowest BCUT2D eigenvalue weighted by Crippen LogP contribution is -1.98. The summed E-state index contributed by atoms with van der Waals surface area (Å²) in [7, 11) is 0. The molecule has 2 rings (SSSR count). The summed E-state index contributed by atoms with van der Waals surface area (Å²) in [5.74, 6) is 0.0347. The van der Waals surface area contributed by atoms with E-state index >= 15 is 0 Å². The number of ketones is 1. The molecule has 13 heavy (non-hydrogen) atoms. The number of aryl methyl sites for hydroxylation is 1. The molecule has 3 heteroatoms. The Bertz CT molecular complexity index is 412. The summed E-state index contributed by atoms with van der Waals surface area (Å²) in [5, 5.41) is 3.73. The molecule has 2 nitrogen and oxygen atoms in total. The van der Waals surface area contributed by atoms with Gasteiger partial charge in [-0.3, -0.25) is 4.79 Å². The largest absolute Gasteiger partial charge is 0.472 e. The van der Waals surface area contributed by atoms with Gasteiger partial charge in [0.25, 0.3) is 0 Å². The highest BCUT2D eigenvalue weighted by Gasteiger charge is 2.13. The van der Waals surface area contributed by atoms with Gasteiger partial charge < -0.3 is 4.42 Å². The molecule has 0 atom stereocenters. The molecule has 0 saturated heterocycles. The quantitative estimate of drug-likeness (QED) is 0.685. The molecule has 2 aromatic rings. The summed E-state index contributed by atoms with van der Waals surface area (Å²) in [6, 6.07) is 1.82. The molecule has 66 valence electrons. The average molecular weight is 192 g/mol. The first-order valence-electron chi connectivity index (χ1n) is 3.88. The van der Waals surface area contributed by atoms with E-state index in [0.29, 0.717) is 5.56 Å². The zero-order valence-electron chi connectivity index (χ0n) is 7.11. The Morgan fingerprint density at radius 3 is 2.85 bits per heavy atom. The fraction of sp³-hybridized carbons (Fsp3) is 0.100. The van der Waals surface area contributed by atoms with Crippen molar-refractivity contribution < 1.29 is 9.21 Å². The van der Waals surface area contributed by atoms with Gasteiger partial charge in [-0.25, -0.2) is 0 Å². The lowest BCUT2D eigenvalue weighted by molar-refractivity contribution is 0.103.